The zero-order chi connectivity index (χ0) is 19.2. The minimum absolute atomic E-state index is 0.0672. The number of methoxy groups -OCH3 is 1. The molecule has 0 aliphatic carbocycles. The highest BCUT2D eigenvalue weighted by Crippen LogP contribution is 2.29. The number of nitro groups is 1. The molecule has 0 radical (unpaired) electrons. The lowest BCUT2D eigenvalue weighted by Crippen LogP contribution is -2.25. The van der Waals surface area contributed by atoms with E-state index in [-0.39, 0.29) is 22.7 Å². The normalized spacial score (nSPS) is 13.0. The number of ether oxygens (including phenoxy) is 1. The molecule has 0 aliphatic rings. The third kappa shape index (κ3) is 4.51. The van der Waals surface area contributed by atoms with Crippen LogP contribution in [0, 0.1) is 10.1 Å². The van der Waals surface area contributed by atoms with Crippen LogP contribution in [0.4, 0.5) is 5.69 Å². The Morgan fingerprint density at radius 2 is 1.56 bits per heavy atom. The topological polar surface area (TPSA) is 64.4 Å². The molecular weight excluding hydrogens is 340 g/mol. The average Bonchev–Trinajstić information content (AvgIpc) is 2.72. The summed E-state index contributed by atoms with van der Waals surface area (Å²) in [5.41, 5.74) is 3.10. The molecule has 0 aromatic heterocycles. The molecule has 1 unspecified atom stereocenters. The minimum Gasteiger partial charge on any atom is -0.497 e. The standard InChI is InChI=1S/C22H22N2O3/c1-16(17-7-4-3-5-8-17)23-22(18-11-13-21(27-2)14-12-18)19-9-6-10-20(15-19)24(25)26/h3-16,22-23H,1-2H3/t16-,22?/m1/s1. The van der Waals surface area contributed by atoms with Gasteiger partial charge in [0.05, 0.1) is 18.1 Å². The van der Waals surface area contributed by atoms with Gasteiger partial charge in [0.2, 0.25) is 0 Å². The molecule has 0 aliphatic heterocycles. The van der Waals surface area contributed by atoms with E-state index >= 15 is 0 Å². The zero-order valence-electron chi connectivity index (χ0n) is 15.3. The Balaban J connectivity index is 1.97. The molecule has 3 aromatic carbocycles. The minimum atomic E-state index is -0.366. The molecule has 0 saturated carbocycles. The summed E-state index contributed by atoms with van der Waals surface area (Å²) in [6, 6.07) is 24.5. The number of nitrogens with one attached hydrogen (secondary N) is 1. The van der Waals surface area contributed by atoms with Gasteiger partial charge in [0.1, 0.15) is 5.75 Å². The summed E-state index contributed by atoms with van der Waals surface area (Å²) in [4.78, 5) is 10.8. The highest BCUT2D eigenvalue weighted by molar-refractivity contribution is 5.41. The van der Waals surface area contributed by atoms with Crippen LogP contribution in [0.1, 0.15) is 35.7 Å². The van der Waals surface area contributed by atoms with Gasteiger partial charge in [-0.1, -0.05) is 54.6 Å². The summed E-state index contributed by atoms with van der Waals surface area (Å²) in [6.07, 6.45) is 0. The van der Waals surface area contributed by atoms with E-state index in [1.807, 2.05) is 48.5 Å². The lowest BCUT2D eigenvalue weighted by atomic mass is 9.96. The SMILES string of the molecule is COc1ccc(C(N[C@H](C)c2ccccc2)c2cccc([N+](=O)[O-])c2)cc1. The van der Waals surface area contributed by atoms with Gasteiger partial charge in [-0.25, -0.2) is 0 Å². The van der Waals surface area contributed by atoms with Crippen molar-refractivity contribution in [2.24, 2.45) is 0 Å². The van der Waals surface area contributed by atoms with Gasteiger partial charge in [-0.2, -0.15) is 0 Å². The molecule has 3 aromatic rings. The highest BCUT2D eigenvalue weighted by Gasteiger charge is 2.19. The first kappa shape index (κ1) is 18.6. The summed E-state index contributed by atoms with van der Waals surface area (Å²) in [7, 11) is 1.63. The Kier molecular flexibility index (Phi) is 5.84. The predicted molar refractivity (Wildman–Crippen MR) is 106 cm³/mol. The van der Waals surface area contributed by atoms with Crippen molar-refractivity contribution >= 4 is 5.69 Å². The van der Waals surface area contributed by atoms with E-state index in [0.29, 0.717) is 0 Å². The number of hydrogen-bond acceptors (Lipinski definition) is 4. The Labute approximate surface area is 158 Å². The van der Waals surface area contributed by atoms with Crippen LogP contribution >= 0.6 is 0 Å². The summed E-state index contributed by atoms with van der Waals surface area (Å²) >= 11 is 0. The first-order valence-electron chi connectivity index (χ1n) is 8.78. The molecular formula is C22H22N2O3. The van der Waals surface area contributed by atoms with Crippen LogP contribution in [-0.2, 0) is 0 Å². The number of non-ortho nitro benzene ring substituents is 1. The van der Waals surface area contributed by atoms with Gasteiger partial charge in [0, 0.05) is 18.2 Å². The second-order valence-electron chi connectivity index (χ2n) is 6.36. The van der Waals surface area contributed by atoms with Crippen molar-refractivity contribution in [2.75, 3.05) is 7.11 Å². The molecule has 0 spiro atoms. The number of hydrogen-bond donors (Lipinski definition) is 1. The molecule has 0 fully saturated rings. The second-order valence-corrected chi connectivity index (χ2v) is 6.36. The lowest BCUT2D eigenvalue weighted by Gasteiger charge is -2.25. The summed E-state index contributed by atoms with van der Waals surface area (Å²) < 4.78 is 5.25. The van der Waals surface area contributed by atoms with Crippen molar-refractivity contribution < 1.29 is 9.66 Å². The molecule has 0 saturated heterocycles. The Morgan fingerprint density at radius 1 is 0.889 bits per heavy atom. The van der Waals surface area contributed by atoms with Crippen LogP contribution in [-0.4, -0.2) is 12.0 Å². The van der Waals surface area contributed by atoms with Gasteiger partial charge < -0.3 is 4.74 Å². The fourth-order valence-electron chi connectivity index (χ4n) is 3.09. The van der Waals surface area contributed by atoms with E-state index < -0.39 is 0 Å². The van der Waals surface area contributed by atoms with Crippen LogP contribution in [0.2, 0.25) is 0 Å². The fourth-order valence-corrected chi connectivity index (χ4v) is 3.09. The number of nitro benzene ring substituents is 1. The number of benzene rings is 3. The average molecular weight is 362 g/mol. The molecule has 27 heavy (non-hydrogen) atoms. The molecule has 138 valence electrons. The fraction of sp³-hybridized carbons (Fsp3) is 0.182. The third-order valence-corrected chi connectivity index (χ3v) is 4.58. The van der Waals surface area contributed by atoms with Crippen LogP contribution < -0.4 is 10.1 Å². The predicted octanol–water partition coefficient (Wildman–Crippen LogP) is 5.04. The van der Waals surface area contributed by atoms with Crippen molar-refractivity contribution in [3.8, 4) is 5.75 Å². The number of nitrogens with zero attached hydrogens (tertiary/aromatic N) is 1. The van der Waals surface area contributed by atoms with E-state index in [0.717, 1.165) is 22.4 Å². The maximum absolute atomic E-state index is 11.2. The first-order chi connectivity index (χ1) is 13.1. The van der Waals surface area contributed by atoms with Gasteiger partial charge in [-0.05, 0) is 35.7 Å². The smallest absolute Gasteiger partial charge is 0.269 e. The zero-order valence-corrected chi connectivity index (χ0v) is 15.3. The van der Waals surface area contributed by atoms with Crippen molar-refractivity contribution in [1.82, 2.24) is 5.32 Å². The Hall–Kier alpha value is -3.18. The van der Waals surface area contributed by atoms with E-state index in [2.05, 4.69) is 24.4 Å². The summed E-state index contributed by atoms with van der Waals surface area (Å²) in [5.74, 6) is 0.771. The van der Waals surface area contributed by atoms with Crippen molar-refractivity contribution in [1.29, 1.82) is 0 Å². The van der Waals surface area contributed by atoms with E-state index in [1.165, 1.54) is 6.07 Å². The van der Waals surface area contributed by atoms with Gasteiger partial charge in [0.15, 0.2) is 0 Å². The van der Waals surface area contributed by atoms with E-state index in [9.17, 15) is 10.1 Å². The lowest BCUT2D eigenvalue weighted by molar-refractivity contribution is -0.384. The molecule has 0 heterocycles. The van der Waals surface area contributed by atoms with Gasteiger partial charge in [-0.15, -0.1) is 0 Å². The molecule has 0 bridgehead atoms. The summed E-state index contributed by atoms with van der Waals surface area (Å²) in [5, 5.41) is 14.8. The van der Waals surface area contributed by atoms with Crippen LogP contribution in [0.3, 0.4) is 0 Å². The van der Waals surface area contributed by atoms with Crippen LogP contribution in [0.25, 0.3) is 0 Å². The molecule has 3 rings (SSSR count). The molecule has 2 atom stereocenters. The van der Waals surface area contributed by atoms with Crippen molar-refractivity contribution in [3.63, 3.8) is 0 Å². The first-order valence-corrected chi connectivity index (χ1v) is 8.78. The largest absolute Gasteiger partial charge is 0.497 e. The van der Waals surface area contributed by atoms with Crippen molar-refractivity contribution in [2.45, 2.75) is 19.0 Å². The molecule has 0 amide bonds. The molecule has 1 N–H and O–H groups in total. The van der Waals surface area contributed by atoms with Crippen LogP contribution in [0.5, 0.6) is 5.75 Å². The van der Waals surface area contributed by atoms with E-state index in [1.54, 1.807) is 19.2 Å². The third-order valence-electron chi connectivity index (χ3n) is 4.58. The van der Waals surface area contributed by atoms with Crippen LogP contribution in [0.15, 0.2) is 78.9 Å². The molecule has 5 nitrogen and oxygen atoms in total. The quantitative estimate of drug-likeness (QED) is 0.472. The maximum atomic E-state index is 11.2. The number of rotatable bonds is 7. The van der Waals surface area contributed by atoms with Gasteiger partial charge in [-0.3, -0.25) is 15.4 Å². The van der Waals surface area contributed by atoms with Crippen molar-refractivity contribution in [3.05, 3.63) is 106 Å². The monoisotopic (exact) mass is 362 g/mol. The second kappa shape index (κ2) is 8.47. The van der Waals surface area contributed by atoms with Gasteiger partial charge >= 0.3 is 0 Å². The van der Waals surface area contributed by atoms with E-state index in [4.69, 9.17) is 4.74 Å². The maximum Gasteiger partial charge on any atom is 0.269 e. The Morgan fingerprint density at radius 3 is 2.19 bits per heavy atom. The van der Waals surface area contributed by atoms with Gasteiger partial charge in [0.25, 0.3) is 5.69 Å². The molecule has 5 heteroatoms. The summed E-state index contributed by atoms with van der Waals surface area (Å²) in [6.45, 7) is 2.09. The Bertz CT molecular complexity index is 895. The highest BCUT2D eigenvalue weighted by atomic mass is 16.6.